The number of halogens is 1. The molecule has 2 aromatic rings. The zero-order valence-electron chi connectivity index (χ0n) is 18.1. The van der Waals surface area contributed by atoms with Crippen molar-refractivity contribution in [3.05, 3.63) is 57.8 Å². The maximum atomic E-state index is 5.53. The number of rotatable bonds is 8. The molecule has 2 N–H and O–H groups in total. The van der Waals surface area contributed by atoms with E-state index in [1.807, 2.05) is 18.4 Å². The molecule has 1 aromatic heterocycles. The second kappa shape index (κ2) is 13.3. The first-order chi connectivity index (χ1) is 14.2. The molecule has 0 amide bonds. The number of morpholine rings is 1. The summed E-state index contributed by atoms with van der Waals surface area (Å²) >= 11 is 1.81. The number of nitrogens with zero attached hydrogens (tertiary/aromatic N) is 3. The van der Waals surface area contributed by atoms with Crippen LogP contribution in [-0.2, 0) is 17.8 Å². The van der Waals surface area contributed by atoms with Gasteiger partial charge in [-0.05, 0) is 36.7 Å². The molecule has 0 aliphatic carbocycles. The second-order valence-electron chi connectivity index (χ2n) is 7.54. The maximum absolute atomic E-state index is 5.53. The van der Waals surface area contributed by atoms with E-state index in [4.69, 9.17) is 4.74 Å². The van der Waals surface area contributed by atoms with Crippen LogP contribution in [0.5, 0.6) is 0 Å². The van der Waals surface area contributed by atoms with Crippen molar-refractivity contribution in [1.29, 1.82) is 0 Å². The summed E-state index contributed by atoms with van der Waals surface area (Å²) in [6.07, 6.45) is 0. The third-order valence-corrected chi connectivity index (χ3v) is 6.00. The average molecular weight is 544 g/mol. The molecular weight excluding hydrogens is 509 g/mol. The Balaban J connectivity index is 0.00000320. The minimum absolute atomic E-state index is 0. The van der Waals surface area contributed by atoms with Crippen molar-refractivity contribution in [2.24, 2.45) is 4.99 Å². The highest BCUT2D eigenvalue weighted by Gasteiger charge is 2.23. The molecule has 1 atom stereocenters. The Kier molecular flexibility index (Phi) is 11.1. The molecule has 1 unspecified atom stereocenters. The Bertz CT molecular complexity index is 745. The molecule has 1 aliphatic rings. The van der Waals surface area contributed by atoms with Gasteiger partial charge in [0.25, 0.3) is 0 Å². The Morgan fingerprint density at radius 2 is 1.83 bits per heavy atom. The summed E-state index contributed by atoms with van der Waals surface area (Å²) in [5, 5.41) is 9.11. The summed E-state index contributed by atoms with van der Waals surface area (Å²) in [5.41, 5.74) is 2.57. The zero-order valence-corrected chi connectivity index (χ0v) is 21.3. The third-order valence-electron chi connectivity index (χ3n) is 5.03. The van der Waals surface area contributed by atoms with Crippen LogP contribution in [0.3, 0.4) is 0 Å². The quantitative estimate of drug-likeness (QED) is 0.305. The average Bonchev–Trinajstić information content (AvgIpc) is 3.26. The van der Waals surface area contributed by atoms with Gasteiger partial charge in [-0.2, -0.15) is 0 Å². The molecule has 0 saturated carbocycles. The minimum atomic E-state index is 0. The molecule has 30 heavy (non-hydrogen) atoms. The van der Waals surface area contributed by atoms with Crippen LogP contribution in [0.2, 0.25) is 0 Å². The van der Waals surface area contributed by atoms with Gasteiger partial charge >= 0.3 is 0 Å². The van der Waals surface area contributed by atoms with E-state index in [9.17, 15) is 0 Å². The van der Waals surface area contributed by atoms with Gasteiger partial charge in [-0.25, -0.2) is 0 Å². The normalized spacial score (nSPS) is 16.2. The fraction of sp³-hybridized carbons (Fsp3) is 0.500. The van der Waals surface area contributed by atoms with Crippen molar-refractivity contribution < 1.29 is 4.74 Å². The van der Waals surface area contributed by atoms with Gasteiger partial charge < -0.3 is 20.3 Å². The van der Waals surface area contributed by atoms with Gasteiger partial charge in [-0.15, -0.1) is 35.3 Å². The van der Waals surface area contributed by atoms with Crippen molar-refractivity contribution >= 4 is 41.3 Å². The number of guanidine groups is 1. The molecule has 0 bridgehead atoms. The van der Waals surface area contributed by atoms with E-state index in [0.29, 0.717) is 6.04 Å². The van der Waals surface area contributed by atoms with Crippen molar-refractivity contribution in [3.8, 4) is 0 Å². The fourth-order valence-electron chi connectivity index (χ4n) is 3.51. The number of hydrogen-bond donors (Lipinski definition) is 2. The van der Waals surface area contributed by atoms with E-state index >= 15 is 0 Å². The SMILES string of the molecule is CN=C(NCc1ccc(CN(C)C)cc1)NCC(c1cccs1)N1CCOCC1.I. The van der Waals surface area contributed by atoms with Gasteiger partial charge in [0.2, 0.25) is 0 Å². The van der Waals surface area contributed by atoms with Crippen LogP contribution in [-0.4, -0.2) is 69.8 Å². The predicted octanol–water partition coefficient (Wildman–Crippen LogP) is 3.17. The highest BCUT2D eigenvalue weighted by Crippen LogP contribution is 2.25. The lowest BCUT2D eigenvalue weighted by atomic mass is 10.1. The van der Waals surface area contributed by atoms with Crippen LogP contribution >= 0.6 is 35.3 Å². The highest BCUT2D eigenvalue weighted by molar-refractivity contribution is 14.0. The zero-order chi connectivity index (χ0) is 20.5. The lowest BCUT2D eigenvalue weighted by molar-refractivity contribution is 0.0177. The van der Waals surface area contributed by atoms with Crippen LogP contribution in [0.4, 0.5) is 0 Å². The molecule has 1 saturated heterocycles. The number of aliphatic imine (C=N–C) groups is 1. The first kappa shape index (κ1) is 25.1. The Labute approximate surface area is 201 Å². The van der Waals surface area contributed by atoms with Crippen molar-refractivity contribution in [2.75, 3.05) is 54.0 Å². The van der Waals surface area contributed by atoms with Crippen LogP contribution in [0.25, 0.3) is 0 Å². The summed E-state index contributed by atoms with van der Waals surface area (Å²) in [5.74, 6) is 0.831. The van der Waals surface area contributed by atoms with E-state index in [2.05, 4.69) is 81.3 Å². The van der Waals surface area contributed by atoms with Crippen LogP contribution in [0.1, 0.15) is 22.0 Å². The van der Waals surface area contributed by atoms with E-state index in [0.717, 1.165) is 51.9 Å². The summed E-state index contributed by atoms with van der Waals surface area (Å²) < 4.78 is 5.53. The van der Waals surface area contributed by atoms with Crippen molar-refractivity contribution in [1.82, 2.24) is 20.4 Å². The number of thiophene rings is 1. The molecular formula is C22H34IN5OS. The minimum Gasteiger partial charge on any atom is -0.379 e. The molecule has 8 heteroatoms. The van der Waals surface area contributed by atoms with Gasteiger partial charge in [0.15, 0.2) is 5.96 Å². The number of ether oxygens (including phenoxy) is 1. The van der Waals surface area contributed by atoms with Gasteiger partial charge in [-0.1, -0.05) is 30.3 Å². The van der Waals surface area contributed by atoms with Gasteiger partial charge in [0, 0.05) is 44.6 Å². The van der Waals surface area contributed by atoms with E-state index < -0.39 is 0 Å². The molecule has 0 spiro atoms. The standard InChI is InChI=1S/C22H33N5OS.HI/c1-23-22(24-15-18-6-8-19(9-7-18)17-26(2)3)25-16-20(21-5-4-14-29-21)27-10-12-28-13-11-27;/h4-9,14,20H,10-13,15-17H2,1-3H3,(H2,23,24,25);1H. The first-order valence-corrected chi connectivity index (χ1v) is 11.1. The topological polar surface area (TPSA) is 52.1 Å². The molecule has 1 aromatic carbocycles. The van der Waals surface area contributed by atoms with Gasteiger partial charge in [0.1, 0.15) is 0 Å². The van der Waals surface area contributed by atoms with E-state index in [1.54, 1.807) is 0 Å². The number of hydrogen-bond acceptors (Lipinski definition) is 5. The highest BCUT2D eigenvalue weighted by atomic mass is 127. The molecule has 0 radical (unpaired) electrons. The Morgan fingerprint density at radius 3 is 2.43 bits per heavy atom. The second-order valence-corrected chi connectivity index (χ2v) is 8.52. The summed E-state index contributed by atoms with van der Waals surface area (Å²) in [6, 6.07) is 13.4. The Morgan fingerprint density at radius 1 is 1.13 bits per heavy atom. The summed E-state index contributed by atoms with van der Waals surface area (Å²) in [7, 11) is 6.00. The molecule has 1 aliphatic heterocycles. The lowest BCUT2D eigenvalue weighted by Crippen LogP contribution is -2.46. The lowest BCUT2D eigenvalue weighted by Gasteiger charge is -2.34. The fourth-order valence-corrected chi connectivity index (χ4v) is 4.37. The largest absolute Gasteiger partial charge is 0.379 e. The van der Waals surface area contributed by atoms with Crippen LogP contribution in [0, 0.1) is 0 Å². The molecule has 166 valence electrons. The smallest absolute Gasteiger partial charge is 0.191 e. The number of nitrogens with one attached hydrogen (secondary N) is 2. The van der Waals surface area contributed by atoms with E-state index in [-0.39, 0.29) is 24.0 Å². The molecule has 6 nitrogen and oxygen atoms in total. The van der Waals surface area contributed by atoms with Crippen molar-refractivity contribution in [3.63, 3.8) is 0 Å². The molecule has 1 fully saturated rings. The Hall–Kier alpha value is -1.20. The number of benzene rings is 1. The maximum Gasteiger partial charge on any atom is 0.191 e. The van der Waals surface area contributed by atoms with Crippen LogP contribution < -0.4 is 10.6 Å². The monoisotopic (exact) mass is 543 g/mol. The van der Waals surface area contributed by atoms with Gasteiger partial charge in [-0.3, -0.25) is 9.89 Å². The van der Waals surface area contributed by atoms with Gasteiger partial charge in [0.05, 0.1) is 19.3 Å². The molecule has 3 rings (SSSR count). The first-order valence-electron chi connectivity index (χ1n) is 10.2. The third kappa shape index (κ3) is 7.81. The molecule has 2 heterocycles. The van der Waals surface area contributed by atoms with Crippen LogP contribution in [0.15, 0.2) is 46.8 Å². The predicted molar refractivity (Wildman–Crippen MR) is 137 cm³/mol. The summed E-state index contributed by atoms with van der Waals surface area (Å²) in [6.45, 7) is 6.08. The van der Waals surface area contributed by atoms with E-state index in [1.165, 1.54) is 16.0 Å². The summed E-state index contributed by atoms with van der Waals surface area (Å²) in [4.78, 5) is 10.5. The van der Waals surface area contributed by atoms with Crippen molar-refractivity contribution in [2.45, 2.75) is 19.1 Å².